The monoisotopic (exact) mass is 613 g/mol. The van der Waals surface area contributed by atoms with Crippen molar-refractivity contribution in [2.45, 2.75) is 38.1 Å². The minimum absolute atomic E-state index is 0.116. The summed E-state index contributed by atoms with van der Waals surface area (Å²) in [6, 6.07) is 7.81. The molecule has 44 heavy (non-hydrogen) atoms. The van der Waals surface area contributed by atoms with E-state index in [9.17, 15) is 38.4 Å². The Kier molecular flexibility index (Phi) is 14.7. The maximum Gasteiger partial charge on any atom is 0.253 e. The maximum absolute atomic E-state index is 12.8. The normalized spacial score (nSPS) is 12.7. The summed E-state index contributed by atoms with van der Waals surface area (Å²) in [7, 11) is 3.09. The molecule has 0 radical (unpaired) electrons. The molecule has 0 saturated carbocycles. The molecule has 8 amide bonds. The van der Waals surface area contributed by atoms with Crippen LogP contribution in [-0.2, 0) is 44.8 Å². The summed E-state index contributed by atoms with van der Waals surface area (Å²) in [5.74, 6) is -3.87. The molecule has 1 aliphatic heterocycles. The number of rotatable bonds is 18. The van der Waals surface area contributed by atoms with Gasteiger partial charge in [0.1, 0.15) is 6.04 Å². The number of imide groups is 1. The second-order valence-electron chi connectivity index (χ2n) is 10.1. The molecule has 0 spiro atoms. The van der Waals surface area contributed by atoms with Crippen molar-refractivity contribution in [2.24, 2.45) is 0 Å². The molecule has 0 unspecified atom stereocenters. The predicted molar refractivity (Wildman–Crippen MR) is 157 cm³/mol. The van der Waals surface area contributed by atoms with Crippen LogP contribution in [0.5, 0.6) is 0 Å². The summed E-state index contributed by atoms with van der Waals surface area (Å²) in [6.07, 6.45) is 4.35. The Bertz CT molecular complexity index is 1230. The van der Waals surface area contributed by atoms with Gasteiger partial charge in [0, 0.05) is 45.6 Å². The summed E-state index contributed by atoms with van der Waals surface area (Å²) in [5.41, 5.74) is 0.746. The molecule has 1 aromatic rings. The number of hydrogen-bond donors (Lipinski definition) is 5. The molecule has 0 saturated heterocycles. The lowest BCUT2D eigenvalue weighted by atomic mass is 10.1. The molecule has 15 heteroatoms. The van der Waals surface area contributed by atoms with Gasteiger partial charge in [-0.15, -0.1) is 0 Å². The van der Waals surface area contributed by atoms with Crippen LogP contribution < -0.4 is 26.6 Å². The van der Waals surface area contributed by atoms with Crippen molar-refractivity contribution in [2.75, 3.05) is 46.8 Å². The average Bonchev–Trinajstić information content (AvgIpc) is 3.32. The fourth-order valence-electron chi connectivity index (χ4n) is 3.88. The summed E-state index contributed by atoms with van der Waals surface area (Å²) in [6.45, 7) is -1.17. The number of carbonyl (C=O) groups excluding carboxylic acids is 8. The van der Waals surface area contributed by atoms with Gasteiger partial charge in [-0.1, -0.05) is 36.8 Å². The first-order chi connectivity index (χ1) is 21.0. The van der Waals surface area contributed by atoms with Gasteiger partial charge in [-0.2, -0.15) is 0 Å². The van der Waals surface area contributed by atoms with E-state index in [0.717, 1.165) is 10.5 Å². The van der Waals surface area contributed by atoms with Crippen LogP contribution in [0.2, 0.25) is 0 Å². The standard InChI is InChI=1S/C29H39N7O8/c1-35(2)28(43)19-32-24(39)17-33-29(44)21(15-20-9-5-3-6-10-20)34-25(40)18-31-23(38)16-30-22(37)11-7-4-8-14-36-26(41)12-13-27(36)42/h3,5-6,9-10,12-13,21H,4,7-8,11,14-19H2,1-2H3,(H,30,37)(H,31,38)(H,32,39)(H,33,44)(H,34,40)/t21-/m0/s1. The van der Waals surface area contributed by atoms with Gasteiger partial charge in [-0.05, 0) is 18.4 Å². The van der Waals surface area contributed by atoms with E-state index in [1.54, 1.807) is 44.4 Å². The number of benzene rings is 1. The molecule has 2 rings (SSSR count). The molecule has 1 aliphatic rings. The van der Waals surface area contributed by atoms with Crippen LogP contribution in [-0.4, -0.2) is 110 Å². The van der Waals surface area contributed by atoms with E-state index >= 15 is 0 Å². The van der Waals surface area contributed by atoms with Crippen molar-refractivity contribution < 1.29 is 38.4 Å². The number of nitrogens with one attached hydrogen (secondary N) is 5. The van der Waals surface area contributed by atoms with Gasteiger partial charge < -0.3 is 31.5 Å². The van der Waals surface area contributed by atoms with Gasteiger partial charge in [0.25, 0.3) is 11.8 Å². The van der Waals surface area contributed by atoms with E-state index in [4.69, 9.17) is 0 Å². The van der Waals surface area contributed by atoms with Gasteiger partial charge in [-0.25, -0.2) is 0 Å². The highest BCUT2D eigenvalue weighted by molar-refractivity contribution is 6.12. The van der Waals surface area contributed by atoms with Crippen LogP contribution in [0, 0.1) is 0 Å². The lowest BCUT2D eigenvalue weighted by Crippen LogP contribution is -2.52. The average molecular weight is 614 g/mol. The zero-order valence-electron chi connectivity index (χ0n) is 24.9. The first kappa shape index (κ1) is 35.1. The van der Waals surface area contributed by atoms with Crippen LogP contribution >= 0.6 is 0 Å². The molecule has 1 aromatic carbocycles. The lowest BCUT2D eigenvalue weighted by Gasteiger charge is -2.19. The molecule has 0 aromatic heterocycles. The van der Waals surface area contributed by atoms with E-state index in [-0.39, 0.29) is 56.1 Å². The molecule has 5 N–H and O–H groups in total. The van der Waals surface area contributed by atoms with Gasteiger partial charge in [-0.3, -0.25) is 43.3 Å². The fraction of sp³-hybridized carbons (Fsp3) is 0.448. The van der Waals surface area contributed by atoms with Crippen molar-refractivity contribution >= 4 is 47.3 Å². The third kappa shape index (κ3) is 13.3. The highest BCUT2D eigenvalue weighted by atomic mass is 16.2. The zero-order valence-corrected chi connectivity index (χ0v) is 24.9. The maximum atomic E-state index is 12.8. The van der Waals surface area contributed by atoms with Gasteiger partial charge in [0.05, 0.1) is 26.2 Å². The van der Waals surface area contributed by atoms with Crippen molar-refractivity contribution in [1.82, 2.24) is 36.4 Å². The van der Waals surface area contributed by atoms with Crippen molar-refractivity contribution in [3.05, 3.63) is 48.0 Å². The topological polar surface area (TPSA) is 203 Å². The Morgan fingerprint density at radius 3 is 1.91 bits per heavy atom. The summed E-state index contributed by atoms with van der Waals surface area (Å²) < 4.78 is 0. The van der Waals surface area contributed by atoms with Gasteiger partial charge in [0.2, 0.25) is 35.4 Å². The smallest absolute Gasteiger partial charge is 0.253 e. The van der Waals surface area contributed by atoms with Crippen LogP contribution in [0.25, 0.3) is 0 Å². The van der Waals surface area contributed by atoms with E-state index in [0.29, 0.717) is 19.3 Å². The van der Waals surface area contributed by atoms with Crippen molar-refractivity contribution in [3.63, 3.8) is 0 Å². The second-order valence-corrected chi connectivity index (χ2v) is 10.1. The number of likely N-dealkylation sites (N-methyl/N-ethyl adjacent to an activating group) is 1. The Morgan fingerprint density at radius 1 is 0.705 bits per heavy atom. The zero-order chi connectivity index (χ0) is 32.5. The number of unbranched alkanes of at least 4 members (excludes halogenated alkanes) is 2. The molecule has 1 atom stereocenters. The largest absolute Gasteiger partial charge is 0.347 e. The SMILES string of the molecule is CN(C)C(=O)CNC(=O)CNC(=O)[C@H](Cc1ccccc1)NC(=O)CNC(=O)CNC(=O)CCCCCN1C(=O)C=CC1=O. The molecule has 0 aliphatic carbocycles. The molecular formula is C29H39N7O8. The number of hydrogen-bond acceptors (Lipinski definition) is 8. The first-order valence-electron chi connectivity index (χ1n) is 14.1. The third-order valence-electron chi connectivity index (χ3n) is 6.37. The molecule has 0 fully saturated rings. The minimum atomic E-state index is -1.06. The quantitative estimate of drug-likeness (QED) is 0.0902. The Hall–Kier alpha value is -5.08. The van der Waals surface area contributed by atoms with Crippen LogP contribution in [0.1, 0.15) is 31.2 Å². The second kappa shape index (κ2) is 18.5. The van der Waals surface area contributed by atoms with E-state index in [1.165, 1.54) is 17.1 Å². The van der Waals surface area contributed by atoms with Crippen molar-refractivity contribution in [1.29, 1.82) is 0 Å². The predicted octanol–water partition coefficient (Wildman–Crippen LogP) is -2.25. The summed E-state index contributed by atoms with van der Waals surface area (Å²) in [5, 5.41) is 12.2. The summed E-state index contributed by atoms with van der Waals surface area (Å²) in [4.78, 5) is 98.7. The molecule has 238 valence electrons. The molecule has 1 heterocycles. The van der Waals surface area contributed by atoms with E-state index in [2.05, 4.69) is 26.6 Å². The Morgan fingerprint density at radius 2 is 1.27 bits per heavy atom. The molecular weight excluding hydrogens is 574 g/mol. The fourth-order valence-corrected chi connectivity index (χ4v) is 3.88. The van der Waals surface area contributed by atoms with Gasteiger partial charge >= 0.3 is 0 Å². The van der Waals surface area contributed by atoms with E-state index in [1.807, 2.05) is 0 Å². The third-order valence-corrected chi connectivity index (χ3v) is 6.37. The Labute approximate surface area is 255 Å². The van der Waals surface area contributed by atoms with Gasteiger partial charge in [0.15, 0.2) is 0 Å². The van der Waals surface area contributed by atoms with Crippen LogP contribution in [0.3, 0.4) is 0 Å². The number of carbonyl (C=O) groups is 8. The van der Waals surface area contributed by atoms with Crippen LogP contribution in [0.4, 0.5) is 0 Å². The number of nitrogens with zero attached hydrogens (tertiary/aromatic N) is 2. The highest BCUT2D eigenvalue weighted by Crippen LogP contribution is 2.08. The van der Waals surface area contributed by atoms with E-state index < -0.39 is 42.8 Å². The molecule has 0 bridgehead atoms. The Balaban J connectivity index is 1.71. The highest BCUT2D eigenvalue weighted by Gasteiger charge is 2.23. The summed E-state index contributed by atoms with van der Waals surface area (Å²) >= 11 is 0. The minimum Gasteiger partial charge on any atom is -0.347 e. The van der Waals surface area contributed by atoms with Crippen molar-refractivity contribution in [3.8, 4) is 0 Å². The number of amides is 8. The lowest BCUT2D eigenvalue weighted by molar-refractivity contribution is -0.137. The first-order valence-corrected chi connectivity index (χ1v) is 14.1. The van der Waals surface area contributed by atoms with Crippen LogP contribution in [0.15, 0.2) is 42.5 Å². The molecule has 15 nitrogen and oxygen atoms in total.